The first-order chi connectivity index (χ1) is 13.1. The average molecular weight is 402 g/mol. The van der Waals surface area contributed by atoms with Crippen molar-refractivity contribution in [2.24, 2.45) is 0 Å². The number of thiophene rings is 1. The summed E-state index contributed by atoms with van der Waals surface area (Å²) in [5.41, 5.74) is 0.523. The van der Waals surface area contributed by atoms with Crippen molar-refractivity contribution in [1.82, 2.24) is 10.3 Å². The molecule has 6 nitrogen and oxygen atoms in total. The molecular formula is C19H18N2O4S2. The Balaban J connectivity index is 1.70. The molecule has 0 fully saturated rings. The van der Waals surface area contributed by atoms with E-state index >= 15 is 0 Å². The molecule has 0 spiro atoms. The van der Waals surface area contributed by atoms with Gasteiger partial charge in [-0.15, -0.1) is 11.3 Å². The van der Waals surface area contributed by atoms with Gasteiger partial charge in [0.1, 0.15) is 15.2 Å². The minimum atomic E-state index is -3.65. The topological polar surface area (TPSA) is 85.4 Å². The summed E-state index contributed by atoms with van der Waals surface area (Å²) >= 11 is 1.15. The van der Waals surface area contributed by atoms with E-state index in [1.165, 1.54) is 6.20 Å². The van der Waals surface area contributed by atoms with E-state index in [4.69, 9.17) is 4.74 Å². The Morgan fingerprint density at radius 2 is 1.93 bits per heavy atom. The van der Waals surface area contributed by atoms with Crippen molar-refractivity contribution in [3.05, 3.63) is 77.9 Å². The SMILES string of the molecule is O=C(COc1ccccc1)NCC(c1cccnc1)S(=O)(=O)c1cccs1. The van der Waals surface area contributed by atoms with E-state index < -0.39 is 21.0 Å². The summed E-state index contributed by atoms with van der Waals surface area (Å²) in [6.45, 7) is -0.258. The lowest BCUT2D eigenvalue weighted by Gasteiger charge is -2.18. The minimum Gasteiger partial charge on any atom is -0.484 e. The number of benzene rings is 1. The molecule has 1 unspecified atom stereocenters. The number of pyridine rings is 1. The van der Waals surface area contributed by atoms with Gasteiger partial charge in [0, 0.05) is 18.9 Å². The number of hydrogen-bond donors (Lipinski definition) is 1. The highest BCUT2D eigenvalue weighted by atomic mass is 32.2. The fourth-order valence-electron chi connectivity index (χ4n) is 2.46. The van der Waals surface area contributed by atoms with Crippen LogP contribution in [-0.4, -0.2) is 32.5 Å². The molecule has 3 rings (SSSR count). The molecule has 27 heavy (non-hydrogen) atoms. The molecule has 140 valence electrons. The molecule has 2 heterocycles. The third-order valence-electron chi connectivity index (χ3n) is 3.80. The van der Waals surface area contributed by atoms with Crippen molar-refractivity contribution in [1.29, 1.82) is 0 Å². The molecule has 0 aliphatic rings. The maximum atomic E-state index is 13.0. The van der Waals surface area contributed by atoms with Crippen molar-refractivity contribution in [2.45, 2.75) is 9.46 Å². The number of rotatable bonds is 8. The lowest BCUT2D eigenvalue weighted by Crippen LogP contribution is -2.34. The first-order valence-corrected chi connectivity index (χ1v) is 10.6. The summed E-state index contributed by atoms with van der Waals surface area (Å²) in [7, 11) is -3.65. The van der Waals surface area contributed by atoms with Gasteiger partial charge >= 0.3 is 0 Å². The second-order valence-electron chi connectivity index (χ2n) is 5.66. The molecule has 0 radical (unpaired) electrons. The van der Waals surface area contributed by atoms with Crippen molar-refractivity contribution < 1.29 is 17.9 Å². The Morgan fingerprint density at radius 3 is 2.59 bits per heavy atom. The molecule has 8 heteroatoms. The third-order valence-corrected chi connectivity index (χ3v) is 7.34. The molecular weight excluding hydrogens is 384 g/mol. The van der Waals surface area contributed by atoms with E-state index in [1.54, 1.807) is 60.1 Å². The minimum absolute atomic E-state index is 0.0666. The summed E-state index contributed by atoms with van der Waals surface area (Å²) in [6.07, 6.45) is 3.08. The quantitative estimate of drug-likeness (QED) is 0.626. The van der Waals surface area contributed by atoms with E-state index in [1.807, 2.05) is 6.07 Å². The molecule has 1 aromatic carbocycles. The first kappa shape index (κ1) is 19.1. The maximum Gasteiger partial charge on any atom is 0.257 e. The molecule has 1 atom stereocenters. The Morgan fingerprint density at radius 1 is 1.11 bits per heavy atom. The van der Waals surface area contributed by atoms with Crippen LogP contribution in [0.5, 0.6) is 5.75 Å². The third kappa shape index (κ3) is 4.93. The van der Waals surface area contributed by atoms with Gasteiger partial charge in [-0.2, -0.15) is 0 Å². The second kappa shape index (κ2) is 8.79. The van der Waals surface area contributed by atoms with Gasteiger partial charge in [-0.1, -0.05) is 30.3 Å². The number of amides is 1. The lowest BCUT2D eigenvalue weighted by molar-refractivity contribution is -0.123. The largest absolute Gasteiger partial charge is 0.484 e. The van der Waals surface area contributed by atoms with Crippen LogP contribution in [0.15, 0.2) is 76.6 Å². The summed E-state index contributed by atoms with van der Waals surface area (Å²) in [4.78, 5) is 16.1. The predicted molar refractivity (Wildman–Crippen MR) is 103 cm³/mol. The highest BCUT2D eigenvalue weighted by Gasteiger charge is 2.30. The summed E-state index contributed by atoms with van der Waals surface area (Å²) in [5.74, 6) is 0.178. The second-order valence-corrected chi connectivity index (χ2v) is 8.96. The smallest absolute Gasteiger partial charge is 0.257 e. The summed E-state index contributed by atoms with van der Waals surface area (Å²) < 4.78 is 31.6. The molecule has 0 saturated heterocycles. The van der Waals surface area contributed by atoms with Crippen molar-refractivity contribution >= 4 is 27.1 Å². The molecule has 0 aliphatic heterocycles. The number of carbonyl (C=O) groups excluding carboxylic acids is 1. The Bertz CT molecular complexity index is 959. The van der Waals surface area contributed by atoms with E-state index in [2.05, 4.69) is 10.3 Å². The van der Waals surface area contributed by atoms with Gasteiger partial charge < -0.3 is 10.1 Å². The monoisotopic (exact) mass is 402 g/mol. The number of nitrogens with one attached hydrogen (secondary N) is 1. The molecule has 0 aliphatic carbocycles. The van der Waals surface area contributed by atoms with Gasteiger partial charge in [-0.05, 0) is 35.2 Å². The maximum absolute atomic E-state index is 13.0. The fourth-order valence-corrected chi connectivity index (χ4v) is 5.31. The molecule has 3 aromatic rings. The van der Waals surface area contributed by atoms with Gasteiger partial charge in [0.15, 0.2) is 16.4 Å². The van der Waals surface area contributed by atoms with Gasteiger partial charge in [-0.25, -0.2) is 8.42 Å². The fraction of sp³-hybridized carbons (Fsp3) is 0.158. The molecule has 1 N–H and O–H groups in total. The van der Waals surface area contributed by atoms with Gasteiger partial charge in [0.25, 0.3) is 5.91 Å². The molecule has 1 amide bonds. The van der Waals surface area contributed by atoms with Crippen LogP contribution < -0.4 is 10.1 Å². The highest BCUT2D eigenvalue weighted by molar-refractivity contribution is 7.93. The summed E-state index contributed by atoms with van der Waals surface area (Å²) in [6, 6.07) is 15.6. The van der Waals surface area contributed by atoms with Crippen LogP contribution in [-0.2, 0) is 14.6 Å². The van der Waals surface area contributed by atoms with E-state index in [0.717, 1.165) is 11.3 Å². The lowest BCUT2D eigenvalue weighted by atomic mass is 10.2. The average Bonchev–Trinajstić information content (AvgIpc) is 3.24. The number of para-hydroxylation sites is 1. The van der Waals surface area contributed by atoms with E-state index in [9.17, 15) is 13.2 Å². The normalized spacial score (nSPS) is 12.3. The number of nitrogens with zero attached hydrogens (tertiary/aromatic N) is 1. The zero-order chi connectivity index (χ0) is 19.1. The van der Waals surface area contributed by atoms with Gasteiger partial charge in [0.05, 0.1) is 0 Å². The van der Waals surface area contributed by atoms with Crippen LogP contribution in [0.1, 0.15) is 10.8 Å². The zero-order valence-electron chi connectivity index (χ0n) is 14.3. The first-order valence-electron chi connectivity index (χ1n) is 8.19. The van der Waals surface area contributed by atoms with E-state index in [0.29, 0.717) is 11.3 Å². The molecule has 0 bridgehead atoms. The number of carbonyl (C=O) groups is 1. The standard InChI is InChI=1S/C19H18N2O4S2/c22-18(14-25-16-7-2-1-3-8-16)21-13-17(15-6-4-10-20-12-15)27(23,24)19-9-5-11-26-19/h1-12,17H,13-14H2,(H,21,22). The number of aromatic nitrogens is 1. The predicted octanol–water partition coefficient (Wildman–Crippen LogP) is 2.85. The Labute approximate surface area is 161 Å². The number of ether oxygens (including phenoxy) is 1. The van der Waals surface area contributed by atoms with Gasteiger partial charge in [0.2, 0.25) is 0 Å². The molecule has 2 aromatic heterocycles. The molecule has 0 saturated carbocycles. The van der Waals surface area contributed by atoms with Crippen LogP contribution >= 0.6 is 11.3 Å². The Kier molecular flexibility index (Phi) is 6.20. The highest BCUT2D eigenvalue weighted by Crippen LogP contribution is 2.30. The van der Waals surface area contributed by atoms with E-state index in [-0.39, 0.29) is 17.4 Å². The number of sulfone groups is 1. The van der Waals surface area contributed by atoms with Crippen LogP contribution in [0.2, 0.25) is 0 Å². The van der Waals surface area contributed by atoms with Crippen molar-refractivity contribution in [3.8, 4) is 5.75 Å². The van der Waals surface area contributed by atoms with Crippen LogP contribution in [0.4, 0.5) is 0 Å². The zero-order valence-corrected chi connectivity index (χ0v) is 15.9. The summed E-state index contributed by atoms with van der Waals surface area (Å²) in [5, 5.41) is 3.44. The van der Waals surface area contributed by atoms with Crippen molar-refractivity contribution in [2.75, 3.05) is 13.2 Å². The van der Waals surface area contributed by atoms with Crippen LogP contribution in [0.25, 0.3) is 0 Å². The van der Waals surface area contributed by atoms with Crippen LogP contribution in [0, 0.1) is 0 Å². The van der Waals surface area contributed by atoms with Gasteiger partial charge in [-0.3, -0.25) is 9.78 Å². The van der Waals surface area contributed by atoms with Crippen molar-refractivity contribution in [3.63, 3.8) is 0 Å². The van der Waals surface area contributed by atoms with Crippen LogP contribution in [0.3, 0.4) is 0 Å². The number of hydrogen-bond acceptors (Lipinski definition) is 6. The Hall–Kier alpha value is -2.71.